The van der Waals surface area contributed by atoms with Crippen LogP contribution in [-0.2, 0) is 14.9 Å². The lowest BCUT2D eigenvalue weighted by molar-refractivity contribution is -0.147. The molecule has 1 rings (SSSR count). The summed E-state index contributed by atoms with van der Waals surface area (Å²) in [7, 11) is 1.43. The van der Waals surface area contributed by atoms with Crippen LogP contribution in [0.25, 0.3) is 0 Å². The second kappa shape index (κ2) is 7.56. The van der Waals surface area contributed by atoms with Crippen LogP contribution in [0.5, 0.6) is 0 Å². The van der Waals surface area contributed by atoms with Crippen molar-refractivity contribution in [1.29, 1.82) is 0 Å². The lowest BCUT2D eigenvalue weighted by Crippen LogP contribution is -2.44. The van der Waals surface area contributed by atoms with Gasteiger partial charge in [0.15, 0.2) is 0 Å². The van der Waals surface area contributed by atoms with Gasteiger partial charge in [0.05, 0.1) is 7.11 Å². The van der Waals surface area contributed by atoms with Crippen LogP contribution in [-0.4, -0.2) is 31.6 Å². The van der Waals surface area contributed by atoms with Gasteiger partial charge in [-0.3, -0.25) is 4.79 Å². The maximum Gasteiger partial charge on any atom is 0.317 e. The molecule has 19 heavy (non-hydrogen) atoms. The van der Waals surface area contributed by atoms with Crippen LogP contribution >= 0.6 is 11.8 Å². The summed E-state index contributed by atoms with van der Waals surface area (Å²) in [6.07, 6.45) is 3.73. The van der Waals surface area contributed by atoms with Crippen LogP contribution in [0.15, 0.2) is 24.3 Å². The number of benzene rings is 1. The van der Waals surface area contributed by atoms with Crippen molar-refractivity contribution in [2.24, 2.45) is 5.73 Å². The van der Waals surface area contributed by atoms with Crippen LogP contribution in [0.3, 0.4) is 0 Å². The molecule has 2 N–H and O–H groups in total. The first kappa shape index (κ1) is 16.1. The predicted octanol–water partition coefficient (Wildman–Crippen LogP) is 2.51. The van der Waals surface area contributed by atoms with E-state index >= 15 is 0 Å². The van der Waals surface area contributed by atoms with E-state index in [0.717, 1.165) is 24.2 Å². The Balaban J connectivity index is 3.08. The average molecular weight is 281 g/mol. The molecular formula is C15H23NO2S. The minimum atomic E-state index is -0.710. The Bertz CT molecular complexity index is 405. The number of rotatable bonds is 7. The number of carbonyl (C=O) groups excluding carboxylic acids is 1. The first-order valence-corrected chi connectivity index (χ1v) is 7.84. The van der Waals surface area contributed by atoms with E-state index in [4.69, 9.17) is 10.5 Å². The molecule has 1 aromatic rings. The van der Waals surface area contributed by atoms with E-state index < -0.39 is 5.41 Å². The van der Waals surface area contributed by atoms with Crippen molar-refractivity contribution < 1.29 is 9.53 Å². The second-order valence-corrected chi connectivity index (χ2v) is 5.73. The SMILES string of the molecule is COC(=O)C(CN)(CCCSC)c1ccc(C)cc1. The highest BCUT2D eigenvalue weighted by Gasteiger charge is 2.39. The molecule has 0 amide bonds. The summed E-state index contributed by atoms with van der Waals surface area (Å²) in [5, 5.41) is 0. The molecule has 0 aliphatic carbocycles. The third-order valence-electron chi connectivity index (χ3n) is 3.48. The quantitative estimate of drug-likeness (QED) is 0.616. The number of esters is 1. The Kier molecular flexibility index (Phi) is 6.38. The van der Waals surface area contributed by atoms with E-state index in [1.807, 2.05) is 31.2 Å². The van der Waals surface area contributed by atoms with Gasteiger partial charge in [-0.1, -0.05) is 29.8 Å². The second-order valence-electron chi connectivity index (χ2n) is 4.74. The largest absolute Gasteiger partial charge is 0.468 e. The molecule has 0 aromatic heterocycles. The molecule has 0 saturated carbocycles. The zero-order valence-corrected chi connectivity index (χ0v) is 12.8. The number of nitrogens with two attached hydrogens (primary N) is 1. The fourth-order valence-electron chi connectivity index (χ4n) is 2.25. The molecule has 0 saturated heterocycles. The molecule has 1 atom stereocenters. The maximum atomic E-state index is 12.2. The molecule has 0 heterocycles. The zero-order chi connectivity index (χ0) is 14.3. The Morgan fingerprint density at radius 1 is 1.37 bits per heavy atom. The molecule has 0 aliphatic heterocycles. The van der Waals surface area contributed by atoms with Crippen molar-refractivity contribution in [2.45, 2.75) is 25.2 Å². The van der Waals surface area contributed by atoms with Gasteiger partial charge in [-0.15, -0.1) is 0 Å². The lowest BCUT2D eigenvalue weighted by Gasteiger charge is -2.30. The molecule has 3 nitrogen and oxygen atoms in total. The van der Waals surface area contributed by atoms with E-state index in [1.54, 1.807) is 11.8 Å². The van der Waals surface area contributed by atoms with Crippen LogP contribution in [0.1, 0.15) is 24.0 Å². The third-order valence-corrected chi connectivity index (χ3v) is 4.18. The van der Waals surface area contributed by atoms with Crippen molar-refractivity contribution in [3.63, 3.8) is 0 Å². The summed E-state index contributed by atoms with van der Waals surface area (Å²) in [5.74, 6) is 0.782. The summed E-state index contributed by atoms with van der Waals surface area (Å²) >= 11 is 1.78. The van der Waals surface area contributed by atoms with Crippen molar-refractivity contribution >= 4 is 17.7 Å². The monoisotopic (exact) mass is 281 g/mol. The van der Waals surface area contributed by atoms with E-state index in [2.05, 4.69) is 6.26 Å². The van der Waals surface area contributed by atoms with Gasteiger partial charge in [0, 0.05) is 6.54 Å². The van der Waals surface area contributed by atoms with Gasteiger partial charge in [0.25, 0.3) is 0 Å². The smallest absolute Gasteiger partial charge is 0.317 e. The number of ether oxygens (including phenoxy) is 1. The maximum absolute atomic E-state index is 12.2. The first-order chi connectivity index (χ1) is 9.10. The molecule has 0 aliphatic rings. The Morgan fingerprint density at radius 3 is 2.47 bits per heavy atom. The van der Waals surface area contributed by atoms with Crippen LogP contribution in [0.4, 0.5) is 0 Å². The van der Waals surface area contributed by atoms with Gasteiger partial charge >= 0.3 is 5.97 Å². The fraction of sp³-hybridized carbons (Fsp3) is 0.533. The topological polar surface area (TPSA) is 52.3 Å². The molecule has 1 unspecified atom stereocenters. The van der Waals surface area contributed by atoms with Crippen LogP contribution in [0, 0.1) is 6.92 Å². The number of carbonyl (C=O) groups is 1. The summed E-state index contributed by atoms with van der Waals surface area (Å²) in [6.45, 7) is 2.30. The average Bonchev–Trinajstić information content (AvgIpc) is 2.44. The molecule has 0 bridgehead atoms. The molecule has 0 fully saturated rings. The molecule has 4 heteroatoms. The Morgan fingerprint density at radius 2 is 2.00 bits per heavy atom. The van der Waals surface area contributed by atoms with Crippen molar-refractivity contribution in [2.75, 3.05) is 25.7 Å². The molecule has 1 aromatic carbocycles. The summed E-state index contributed by atoms with van der Waals surface area (Å²) in [5.41, 5.74) is 7.34. The van der Waals surface area contributed by atoms with Gasteiger partial charge in [0.1, 0.15) is 5.41 Å². The lowest BCUT2D eigenvalue weighted by atomic mass is 9.76. The number of methoxy groups -OCH3 is 1. The molecule has 106 valence electrons. The number of hydrogen-bond acceptors (Lipinski definition) is 4. The van der Waals surface area contributed by atoms with Crippen molar-refractivity contribution in [3.05, 3.63) is 35.4 Å². The number of aryl methyl sites for hydroxylation is 1. The van der Waals surface area contributed by atoms with E-state index in [9.17, 15) is 4.79 Å². The minimum Gasteiger partial charge on any atom is -0.468 e. The van der Waals surface area contributed by atoms with Crippen molar-refractivity contribution in [3.8, 4) is 0 Å². The fourth-order valence-corrected chi connectivity index (χ4v) is 2.69. The van der Waals surface area contributed by atoms with Crippen LogP contribution in [0.2, 0.25) is 0 Å². The normalized spacial score (nSPS) is 13.9. The number of thioether (sulfide) groups is 1. The molecule has 0 spiro atoms. The summed E-state index contributed by atoms with van der Waals surface area (Å²) in [6, 6.07) is 7.99. The van der Waals surface area contributed by atoms with Crippen LogP contribution < -0.4 is 5.73 Å². The van der Waals surface area contributed by atoms with E-state index in [0.29, 0.717) is 0 Å². The van der Waals surface area contributed by atoms with Crippen molar-refractivity contribution in [1.82, 2.24) is 0 Å². The highest BCUT2D eigenvalue weighted by atomic mass is 32.2. The van der Waals surface area contributed by atoms with E-state index in [-0.39, 0.29) is 12.5 Å². The summed E-state index contributed by atoms with van der Waals surface area (Å²) < 4.78 is 5.00. The summed E-state index contributed by atoms with van der Waals surface area (Å²) in [4.78, 5) is 12.2. The Labute approximate surface area is 119 Å². The highest BCUT2D eigenvalue weighted by Crippen LogP contribution is 2.31. The molecular weight excluding hydrogens is 258 g/mol. The first-order valence-electron chi connectivity index (χ1n) is 6.45. The standard InChI is InChI=1S/C15H23NO2S/c1-12-5-7-13(8-6-12)15(11-16,14(17)18-2)9-4-10-19-3/h5-8H,4,9-11,16H2,1-3H3. The Hall–Kier alpha value is -1.00. The van der Waals surface area contributed by atoms with Gasteiger partial charge in [-0.25, -0.2) is 0 Å². The van der Waals surface area contributed by atoms with E-state index in [1.165, 1.54) is 12.7 Å². The van der Waals surface area contributed by atoms with Gasteiger partial charge in [0.2, 0.25) is 0 Å². The minimum absolute atomic E-state index is 0.236. The van der Waals surface area contributed by atoms with Gasteiger partial charge in [-0.05, 0) is 37.3 Å². The number of hydrogen-bond donors (Lipinski definition) is 1. The third kappa shape index (κ3) is 3.74. The highest BCUT2D eigenvalue weighted by molar-refractivity contribution is 7.98. The van der Waals surface area contributed by atoms with Gasteiger partial charge in [-0.2, -0.15) is 11.8 Å². The zero-order valence-electron chi connectivity index (χ0n) is 11.9. The predicted molar refractivity (Wildman–Crippen MR) is 81.5 cm³/mol. The van der Waals surface area contributed by atoms with Gasteiger partial charge < -0.3 is 10.5 Å². The molecule has 0 radical (unpaired) electrons.